The first-order chi connectivity index (χ1) is 16.4. The monoisotopic (exact) mass is 495 g/mol. The second-order valence-electron chi connectivity index (χ2n) is 8.00. The fraction of sp³-hybridized carbons (Fsp3) is 0.269. The third-order valence-corrected chi connectivity index (χ3v) is 7.08. The molecule has 0 aliphatic carbocycles. The van der Waals surface area contributed by atoms with Crippen LogP contribution < -0.4 is 5.32 Å². The van der Waals surface area contributed by atoms with Crippen molar-refractivity contribution in [3.63, 3.8) is 0 Å². The number of nitrogens with one attached hydrogen (secondary N) is 1. The van der Waals surface area contributed by atoms with Crippen LogP contribution in [0.5, 0.6) is 0 Å². The van der Waals surface area contributed by atoms with Crippen molar-refractivity contribution in [3.8, 4) is 0 Å². The molecule has 2 aliphatic rings. The van der Waals surface area contributed by atoms with Gasteiger partial charge < -0.3 is 15.0 Å². The van der Waals surface area contributed by atoms with Gasteiger partial charge in [-0.05, 0) is 35.9 Å². The number of amides is 1. The van der Waals surface area contributed by atoms with E-state index in [1.54, 1.807) is 6.07 Å². The molecule has 0 bridgehead atoms. The number of allylic oxidation sites excluding steroid dienone is 1. The molecule has 2 atom stereocenters. The molecule has 8 heteroatoms. The number of benzene rings is 2. The summed E-state index contributed by atoms with van der Waals surface area (Å²) in [6, 6.07) is 16.6. The Balaban J connectivity index is 1.66. The summed E-state index contributed by atoms with van der Waals surface area (Å²) in [6.45, 7) is 3.91. The van der Waals surface area contributed by atoms with E-state index in [4.69, 9.17) is 21.3 Å². The molecule has 1 amide bonds. The summed E-state index contributed by atoms with van der Waals surface area (Å²) in [5.74, 6) is -0.574. The Morgan fingerprint density at radius 2 is 1.88 bits per heavy atom. The Bertz CT molecular complexity index is 1190. The van der Waals surface area contributed by atoms with E-state index in [-0.39, 0.29) is 18.4 Å². The second-order valence-corrected chi connectivity index (χ2v) is 9.24. The minimum atomic E-state index is -0.538. The normalized spacial score (nSPS) is 18.1. The SMILES string of the molecule is CCC1=C(C(=O)OC)[C@@H](c2ccccc2Cl)N2C(CC(=O)N[C@@H](C)c3ccccc3)=CSC2=N1. The molecule has 0 unspecified atom stereocenters. The van der Waals surface area contributed by atoms with Crippen LogP contribution in [0.25, 0.3) is 0 Å². The predicted octanol–water partition coefficient (Wildman–Crippen LogP) is 5.75. The topological polar surface area (TPSA) is 71.0 Å². The maximum absolute atomic E-state index is 13.0. The molecule has 6 nitrogen and oxygen atoms in total. The third kappa shape index (κ3) is 4.76. The quantitative estimate of drug-likeness (QED) is 0.495. The molecule has 0 radical (unpaired) electrons. The molecule has 0 saturated heterocycles. The highest BCUT2D eigenvalue weighted by atomic mass is 35.5. The summed E-state index contributed by atoms with van der Waals surface area (Å²) < 4.78 is 5.14. The number of rotatable bonds is 7. The van der Waals surface area contributed by atoms with E-state index in [2.05, 4.69) is 5.32 Å². The predicted molar refractivity (Wildman–Crippen MR) is 136 cm³/mol. The molecule has 2 aromatic carbocycles. The molecule has 0 aromatic heterocycles. The lowest BCUT2D eigenvalue weighted by molar-refractivity contribution is -0.136. The van der Waals surface area contributed by atoms with Gasteiger partial charge in [-0.1, -0.05) is 78.8 Å². The molecule has 0 saturated carbocycles. The van der Waals surface area contributed by atoms with Crippen LogP contribution in [0.2, 0.25) is 5.02 Å². The average Bonchev–Trinajstić information content (AvgIpc) is 3.25. The fourth-order valence-corrected chi connectivity index (χ4v) is 5.36. The van der Waals surface area contributed by atoms with Crippen molar-refractivity contribution in [2.75, 3.05) is 7.11 Å². The van der Waals surface area contributed by atoms with Gasteiger partial charge in [0.1, 0.15) is 0 Å². The fourth-order valence-electron chi connectivity index (χ4n) is 4.19. The Kier molecular flexibility index (Phi) is 7.44. The number of aliphatic imine (C=N–C) groups is 1. The highest BCUT2D eigenvalue weighted by Gasteiger charge is 2.42. The van der Waals surface area contributed by atoms with Crippen LogP contribution in [0.4, 0.5) is 0 Å². The number of nitrogens with zero attached hydrogens (tertiary/aromatic N) is 2. The lowest BCUT2D eigenvalue weighted by Gasteiger charge is -2.37. The molecule has 2 heterocycles. The Hall–Kier alpha value is -3.03. The van der Waals surface area contributed by atoms with Gasteiger partial charge in [-0.25, -0.2) is 9.79 Å². The summed E-state index contributed by atoms with van der Waals surface area (Å²) in [6.07, 6.45) is 0.702. The van der Waals surface area contributed by atoms with E-state index in [9.17, 15) is 9.59 Å². The molecular formula is C26H26ClN3O3S. The largest absolute Gasteiger partial charge is 0.466 e. The van der Waals surface area contributed by atoms with Gasteiger partial charge in [-0.2, -0.15) is 0 Å². The number of hydrogen-bond donors (Lipinski definition) is 1. The molecule has 1 N–H and O–H groups in total. The second kappa shape index (κ2) is 10.5. The van der Waals surface area contributed by atoms with E-state index in [0.717, 1.165) is 16.8 Å². The van der Waals surface area contributed by atoms with Crippen molar-refractivity contribution in [2.24, 2.45) is 4.99 Å². The zero-order valence-corrected chi connectivity index (χ0v) is 20.8. The number of carbonyl (C=O) groups excluding carboxylic acids is 2. The van der Waals surface area contributed by atoms with Crippen LogP contribution in [0.3, 0.4) is 0 Å². The molecule has 4 rings (SSSR count). The average molecular weight is 496 g/mol. The van der Waals surface area contributed by atoms with E-state index in [0.29, 0.717) is 27.9 Å². The zero-order valence-electron chi connectivity index (χ0n) is 19.2. The zero-order chi connectivity index (χ0) is 24.2. The van der Waals surface area contributed by atoms with Gasteiger partial charge in [0.15, 0.2) is 5.17 Å². The van der Waals surface area contributed by atoms with E-state index >= 15 is 0 Å². The molecule has 176 valence electrons. The van der Waals surface area contributed by atoms with Crippen molar-refractivity contribution >= 4 is 40.4 Å². The molecule has 0 spiro atoms. The number of halogens is 1. The summed E-state index contributed by atoms with van der Waals surface area (Å²) in [5.41, 5.74) is 3.64. The molecule has 2 aliphatic heterocycles. The molecule has 2 aromatic rings. The number of thioether (sulfide) groups is 1. The van der Waals surface area contributed by atoms with E-state index < -0.39 is 12.0 Å². The maximum Gasteiger partial charge on any atom is 0.338 e. The van der Waals surface area contributed by atoms with Gasteiger partial charge in [0, 0.05) is 10.7 Å². The highest BCUT2D eigenvalue weighted by molar-refractivity contribution is 8.16. The van der Waals surface area contributed by atoms with Gasteiger partial charge in [-0.3, -0.25) is 4.79 Å². The highest BCUT2D eigenvalue weighted by Crippen LogP contribution is 2.46. The molecular weight excluding hydrogens is 470 g/mol. The minimum absolute atomic E-state index is 0.118. The summed E-state index contributed by atoms with van der Waals surface area (Å²) in [7, 11) is 1.36. The third-order valence-electron chi connectivity index (χ3n) is 5.85. The van der Waals surface area contributed by atoms with Crippen LogP contribution in [-0.4, -0.2) is 29.1 Å². The van der Waals surface area contributed by atoms with E-state index in [1.807, 2.05) is 72.7 Å². The first-order valence-electron chi connectivity index (χ1n) is 11.1. The van der Waals surface area contributed by atoms with Crippen molar-refractivity contribution in [1.82, 2.24) is 10.2 Å². The van der Waals surface area contributed by atoms with Crippen molar-refractivity contribution in [3.05, 3.63) is 93.1 Å². The lowest BCUT2D eigenvalue weighted by atomic mass is 9.92. The van der Waals surface area contributed by atoms with Crippen LogP contribution >= 0.6 is 23.4 Å². The number of fused-ring (bicyclic) bond motifs is 1. The number of carbonyl (C=O) groups is 2. The van der Waals surface area contributed by atoms with Gasteiger partial charge in [0.25, 0.3) is 0 Å². The van der Waals surface area contributed by atoms with Crippen LogP contribution in [0.1, 0.15) is 49.9 Å². The Morgan fingerprint density at radius 3 is 2.56 bits per heavy atom. The number of hydrogen-bond acceptors (Lipinski definition) is 6. The number of methoxy groups -OCH3 is 1. The Labute approximate surface area is 208 Å². The van der Waals surface area contributed by atoms with E-state index in [1.165, 1.54) is 18.9 Å². The summed E-state index contributed by atoms with van der Waals surface area (Å²) in [4.78, 5) is 32.6. The van der Waals surface area contributed by atoms with Crippen LogP contribution in [-0.2, 0) is 14.3 Å². The number of ether oxygens (including phenoxy) is 1. The van der Waals surface area contributed by atoms with Gasteiger partial charge >= 0.3 is 5.97 Å². The molecule has 0 fully saturated rings. The first-order valence-corrected chi connectivity index (χ1v) is 12.3. The van der Waals surface area contributed by atoms with Crippen molar-refractivity contribution < 1.29 is 14.3 Å². The van der Waals surface area contributed by atoms with Gasteiger partial charge in [-0.15, -0.1) is 0 Å². The summed E-state index contributed by atoms with van der Waals surface area (Å²) >= 11 is 8.04. The van der Waals surface area contributed by atoms with Gasteiger partial charge in [0.2, 0.25) is 5.91 Å². The number of esters is 1. The van der Waals surface area contributed by atoms with Crippen molar-refractivity contribution in [2.45, 2.75) is 38.8 Å². The number of amidine groups is 1. The summed E-state index contributed by atoms with van der Waals surface area (Å²) in [5, 5.41) is 6.23. The molecule has 34 heavy (non-hydrogen) atoms. The first kappa shape index (κ1) is 24.1. The van der Waals surface area contributed by atoms with Crippen molar-refractivity contribution in [1.29, 1.82) is 0 Å². The standard InChI is InChI=1S/C26H26ClN3O3S/c1-4-21-23(25(32)33-3)24(19-12-8-9-13-20(19)27)30-18(15-34-26(30)29-21)14-22(31)28-16(2)17-10-6-5-7-11-17/h5-13,15-16,24H,4,14H2,1-3H3,(H,28,31)/t16-,24+/m0/s1. The minimum Gasteiger partial charge on any atom is -0.466 e. The smallest absolute Gasteiger partial charge is 0.338 e. The van der Waals surface area contributed by atoms with Crippen LogP contribution in [0, 0.1) is 0 Å². The lowest BCUT2D eigenvalue weighted by Crippen LogP contribution is -2.38. The Morgan fingerprint density at radius 1 is 1.18 bits per heavy atom. The maximum atomic E-state index is 13.0. The van der Waals surface area contributed by atoms with Crippen LogP contribution in [0.15, 0.2) is 82.0 Å². The van der Waals surface area contributed by atoms with Gasteiger partial charge in [0.05, 0.1) is 36.9 Å².